The Morgan fingerprint density at radius 1 is 0.741 bits per heavy atom. The van der Waals surface area contributed by atoms with Gasteiger partial charge < -0.3 is 0 Å². The van der Waals surface area contributed by atoms with E-state index in [1.165, 1.54) is 37.7 Å². The maximum Gasteiger partial charge on any atom is 0.159 e. The van der Waals surface area contributed by atoms with Crippen molar-refractivity contribution in [2.45, 2.75) is 45.4 Å². The van der Waals surface area contributed by atoms with Crippen molar-refractivity contribution in [2.75, 3.05) is 0 Å². The van der Waals surface area contributed by atoms with Crippen molar-refractivity contribution in [3.8, 4) is 28.6 Å². The summed E-state index contributed by atoms with van der Waals surface area (Å²) in [4.78, 5) is 8.97. The number of aromatic nitrogens is 2. The molecule has 1 heterocycles. The maximum absolute atomic E-state index is 8.88. The van der Waals surface area contributed by atoms with Crippen LogP contribution in [-0.4, -0.2) is 9.97 Å². The standard InChI is InChI=1S/C24H25N3/c1-2-3-4-5-6-7-19-8-12-21(13-9-19)23-17-26-24(27-18-23)22-14-10-20(16-25)11-15-22/h8-15,17-18H,2-7H2,1H3. The van der Waals surface area contributed by atoms with Gasteiger partial charge in [0.1, 0.15) is 0 Å². The van der Waals surface area contributed by atoms with E-state index in [0.29, 0.717) is 11.4 Å². The number of hydrogen-bond donors (Lipinski definition) is 0. The van der Waals surface area contributed by atoms with E-state index in [1.54, 1.807) is 12.1 Å². The SMILES string of the molecule is CCCCCCCc1ccc(-c2cnc(-c3ccc(C#N)cc3)nc2)cc1. The average molecular weight is 355 g/mol. The van der Waals surface area contributed by atoms with Gasteiger partial charge in [0, 0.05) is 23.5 Å². The lowest BCUT2D eigenvalue weighted by atomic mass is 10.0. The predicted octanol–water partition coefficient (Wildman–Crippen LogP) is 6.20. The molecule has 27 heavy (non-hydrogen) atoms. The second-order valence-electron chi connectivity index (χ2n) is 6.85. The molecule has 3 aromatic rings. The van der Waals surface area contributed by atoms with E-state index in [1.807, 2.05) is 24.5 Å². The Balaban J connectivity index is 1.62. The van der Waals surface area contributed by atoms with Crippen LogP contribution in [0.2, 0.25) is 0 Å². The summed E-state index contributed by atoms with van der Waals surface area (Å²) in [5.41, 5.74) is 5.10. The van der Waals surface area contributed by atoms with Gasteiger partial charge in [-0.3, -0.25) is 0 Å². The lowest BCUT2D eigenvalue weighted by Crippen LogP contribution is -1.91. The van der Waals surface area contributed by atoms with Gasteiger partial charge >= 0.3 is 0 Å². The first-order chi connectivity index (χ1) is 13.3. The smallest absolute Gasteiger partial charge is 0.159 e. The number of nitriles is 1. The minimum Gasteiger partial charge on any atom is -0.236 e. The summed E-state index contributed by atoms with van der Waals surface area (Å²) < 4.78 is 0. The summed E-state index contributed by atoms with van der Waals surface area (Å²) >= 11 is 0. The van der Waals surface area contributed by atoms with Gasteiger partial charge in [-0.25, -0.2) is 9.97 Å². The van der Waals surface area contributed by atoms with Gasteiger partial charge in [-0.05, 0) is 48.2 Å². The van der Waals surface area contributed by atoms with Crippen molar-refractivity contribution in [3.63, 3.8) is 0 Å². The van der Waals surface area contributed by atoms with E-state index in [-0.39, 0.29) is 0 Å². The largest absolute Gasteiger partial charge is 0.236 e. The van der Waals surface area contributed by atoms with Crippen LogP contribution >= 0.6 is 0 Å². The maximum atomic E-state index is 8.88. The van der Waals surface area contributed by atoms with Crippen molar-refractivity contribution in [1.82, 2.24) is 9.97 Å². The molecule has 0 aliphatic rings. The van der Waals surface area contributed by atoms with Crippen LogP contribution in [0.3, 0.4) is 0 Å². The molecule has 3 heteroatoms. The van der Waals surface area contributed by atoms with Crippen molar-refractivity contribution >= 4 is 0 Å². The quantitative estimate of drug-likeness (QED) is 0.452. The molecule has 0 amide bonds. The first-order valence-corrected chi connectivity index (χ1v) is 9.72. The molecule has 2 aromatic carbocycles. The molecule has 0 radical (unpaired) electrons. The summed E-state index contributed by atoms with van der Waals surface area (Å²) in [7, 11) is 0. The van der Waals surface area contributed by atoms with Crippen molar-refractivity contribution in [2.24, 2.45) is 0 Å². The van der Waals surface area contributed by atoms with E-state index < -0.39 is 0 Å². The normalized spacial score (nSPS) is 10.5. The first-order valence-electron chi connectivity index (χ1n) is 9.72. The zero-order valence-electron chi connectivity index (χ0n) is 15.9. The number of benzene rings is 2. The molecule has 0 bridgehead atoms. The summed E-state index contributed by atoms with van der Waals surface area (Å²) in [6, 6.07) is 18.2. The van der Waals surface area contributed by atoms with Gasteiger partial charge in [0.05, 0.1) is 11.6 Å². The molecule has 0 unspecified atom stereocenters. The Bertz CT molecular complexity index is 873. The minimum absolute atomic E-state index is 0.640. The number of aryl methyl sites for hydroxylation is 1. The Labute approximate surface area is 161 Å². The van der Waals surface area contributed by atoms with Crippen molar-refractivity contribution < 1.29 is 0 Å². The first kappa shape index (κ1) is 18.8. The van der Waals surface area contributed by atoms with Crippen LogP contribution in [0, 0.1) is 11.3 Å². The third-order valence-electron chi connectivity index (χ3n) is 4.78. The van der Waals surface area contributed by atoms with Gasteiger partial charge in [0.25, 0.3) is 0 Å². The van der Waals surface area contributed by atoms with Crippen molar-refractivity contribution in [1.29, 1.82) is 5.26 Å². The van der Waals surface area contributed by atoms with Gasteiger partial charge in [-0.1, -0.05) is 56.9 Å². The van der Waals surface area contributed by atoms with Gasteiger partial charge in [0.15, 0.2) is 5.82 Å². The molecule has 0 aliphatic heterocycles. The summed E-state index contributed by atoms with van der Waals surface area (Å²) in [6.45, 7) is 2.25. The Morgan fingerprint density at radius 3 is 2.00 bits per heavy atom. The molecule has 0 atom stereocenters. The number of nitrogens with zero attached hydrogens (tertiary/aromatic N) is 3. The molecule has 0 spiro atoms. The minimum atomic E-state index is 0.640. The highest BCUT2D eigenvalue weighted by atomic mass is 14.9. The van der Waals surface area contributed by atoms with E-state index in [2.05, 4.69) is 47.2 Å². The summed E-state index contributed by atoms with van der Waals surface area (Å²) in [5.74, 6) is 0.673. The number of unbranched alkanes of at least 4 members (excludes halogenated alkanes) is 4. The summed E-state index contributed by atoms with van der Waals surface area (Å²) in [5, 5.41) is 8.88. The third kappa shape index (κ3) is 5.24. The molecule has 3 rings (SSSR count). The van der Waals surface area contributed by atoms with E-state index in [9.17, 15) is 0 Å². The van der Waals surface area contributed by atoms with E-state index >= 15 is 0 Å². The monoisotopic (exact) mass is 355 g/mol. The van der Waals surface area contributed by atoms with E-state index in [4.69, 9.17) is 5.26 Å². The molecule has 0 saturated heterocycles. The lowest BCUT2D eigenvalue weighted by Gasteiger charge is -2.06. The number of hydrogen-bond acceptors (Lipinski definition) is 3. The van der Waals surface area contributed by atoms with Crippen LogP contribution in [0.4, 0.5) is 0 Å². The van der Waals surface area contributed by atoms with Crippen LogP contribution in [0.15, 0.2) is 60.9 Å². The number of rotatable bonds is 8. The lowest BCUT2D eigenvalue weighted by molar-refractivity contribution is 0.632. The molecular weight excluding hydrogens is 330 g/mol. The Kier molecular flexibility index (Phi) is 6.71. The molecular formula is C24H25N3. The molecule has 136 valence electrons. The fourth-order valence-corrected chi connectivity index (χ4v) is 3.12. The second kappa shape index (κ2) is 9.64. The molecule has 0 aliphatic carbocycles. The molecule has 0 N–H and O–H groups in total. The second-order valence-corrected chi connectivity index (χ2v) is 6.85. The highest BCUT2D eigenvalue weighted by molar-refractivity contribution is 5.64. The Hall–Kier alpha value is -2.99. The molecule has 0 saturated carbocycles. The predicted molar refractivity (Wildman–Crippen MR) is 110 cm³/mol. The van der Waals surface area contributed by atoms with Crippen LogP contribution in [-0.2, 0) is 6.42 Å². The van der Waals surface area contributed by atoms with Crippen LogP contribution < -0.4 is 0 Å². The Morgan fingerprint density at radius 2 is 1.37 bits per heavy atom. The highest BCUT2D eigenvalue weighted by Crippen LogP contribution is 2.22. The van der Waals surface area contributed by atoms with Gasteiger partial charge in [0.2, 0.25) is 0 Å². The average Bonchev–Trinajstić information content (AvgIpc) is 2.74. The van der Waals surface area contributed by atoms with E-state index in [0.717, 1.165) is 23.1 Å². The molecule has 0 fully saturated rings. The van der Waals surface area contributed by atoms with Gasteiger partial charge in [-0.2, -0.15) is 5.26 Å². The van der Waals surface area contributed by atoms with Crippen LogP contribution in [0.5, 0.6) is 0 Å². The summed E-state index contributed by atoms with van der Waals surface area (Å²) in [6.07, 6.45) is 11.4. The molecule has 1 aromatic heterocycles. The fraction of sp³-hybridized carbons (Fsp3) is 0.292. The highest BCUT2D eigenvalue weighted by Gasteiger charge is 2.04. The van der Waals surface area contributed by atoms with Crippen molar-refractivity contribution in [3.05, 3.63) is 72.1 Å². The zero-order chi connectivity index (χ0) is 18.9. The zero-order valence-corrected chi connectivity index (χ0v) is 15.9. The van der Waals surface area contributed by atoms with Crippen LogP contribution in [0.25, 0.3) is 22.5 Å². The topological polar surface area (TPSA) is 49.6 Å². The fourth-order valence-electron chi connectivity index (χ4n) is 3.12. The molecule has 3 nitrogen and oxygen atoms in total. The van der Waals surface area contributed by atoms with Gasteiger partial charge in [-0.15, -0.1) is 0 Å². The third-order valence-corrected chi connectivity index (χ3v) is 4.78. The van der Waals surface area contributed by atoms with Crippen LogP contribution in [0.1, 0.15) is 50.2 Å².